The van der Waals surface area contributed by atoms with Crippen molar-refractivity contribution in [3.63, 3.8) is 0 Å². The molecule has 1 saturated heterocycles. The summed E-state index contributed by atoms with van der Waals surface area (Å²) in [5.74, 6) is -9.50. The van der Waals surface area contributed by atoms with E-state index in [0.717, 1.165) is 16.2 Å². The molecule has 0 saturated carbocycles. The van der Waals surface area contributed by atoms with Crippen LogP contribution < -0.4 is 19.9 Å². The fourth-order valence-electron chi connectivity index (χ4n) is 4.49. The van der Waals surface area contributed by atoms with Crippen LogP contribution in [0.25, 0.3) is 0 Å². The molecule has 4 aromatic carbocycles. The van der Waals surface area contributed by atoms with E-state index in [1.807, 2.05) is 35.2 Å². The predicted molar refractivity (Wildman–Crippen MR) is 142 cm³/mol. The van der Waals surface area contributed by atoms with Gasteiger partial charge >= 0.3 is 0 Å². The van der Waals surface area contributed by atoms with E-state index in [1.165, 1.54) is 0 Å². The van der Waals surface area contributed by atoms with Gasteiger partial charge in [-0.15, -0.1) is 0 Å². The molecule has 1 fully saturated rings. The van der Waals surface area contributed by atoms with Gasteiger partial charge in [-0.1, -0.05) is 36.4 Å². The van der Waals surface area contributed by atoms with Crippen LogP contribution in [0.15, 0.2) is 78.9 Å². The third-order valence-corrected chi connectivity index (χ3v) is 6.62. The zero-order valence-corrected chi connectivity index (χ0v) is 21.1. The number of hydrogen-bond donors (Lipinski definition) is 1. The Labute approximate surface area is 227 Å². The predicted octanol–water partition coefficient (Wildman–Crippen LogP) is 6.54. The molecule has 1 aliphatic rings. The Bertz CT molecular complexity index is 1480. The van der Waals surface area contributed by atoms with Crippen molar-refractivity contribution < 1.29 is 31.5 Å². The lowest BCUT2D eigenvalue weighted by molar-refractivity contribution is 0.102. The number of carbonyl (C=O) groups is 1. The molecule has 0 aromatic heterocycles. The molecular weight excluding hydrogens is 529 g/mol. The largest absolute Gasteiger partial charge is 0.489 e. The molecule has 1 N–H and O–H groups in total. The van der Waals surface area contributed by atoms with Gasteiger partial charge in [0.05, 0.1) is 0 Å². The van der Waals surface area contributed by atoms with E-state index < -0.39 is 34.8 Å². The Morgan fingerprint density at radius 3 is 1.95 bits per heavy atom. The molecule has 5 nitrogen and oxygen atoms in total. The number of nitrogens with zero attached hydrogens (tertiary/aromatic N) is 2. The van der Waals surface area contributed by atoms with Crippen molar-refractivity contribution in [3.8, 4) is 5.75 Å². The molecule has 5 rings (SSSR count). The van der Waals surface area contributed by atoms with Crippen molar-refractivity contribution in [2.45, 2.75) is 6.61 Å². The number of ether oxygens (including phenoxy) is 1. The number of amides is 1. The fraction of sp³-hybridized carbons (Fsp3) is 0.167. The SMILES string of the molecule is O=C(Nc1ccc(N2CCN(c3c(F)c(F)c(F)c(F)c3F)CC2)cc1)c1cccc(OCc2ccccc2)c1. The number of benzene rings is 4. The number of hydrogen-bond acceptors (Lipinski definition) is 4. The minimum Gasteiger partial charge on any atom is -0.489 e. The second-order valence-electron chi connectivity index (χ2n) is 9.20. The molecule has 0 aliphatic carbocycles. The average Bonchev–Trinajstić information content (AvgIpc) is 2.99. The smallest absolute Gasteiger partial charge is 0.255 e. The summed E-state index contributed by atoms with van der Waals surface area (Å²) in [4.78, 5) is 15.9. The molecule has 0 unspecified atom stereocenters. The van der Waals surface area contributed by atoms with E-state index in [0.29, 0.717) is 36.7 Å². The summed E-state index contributed by atoms with van der Waals surface area (Å²) in [6.07, 6.45) is 0. The molecular formula is C30H24F5N3O2. The highest BCUT2D eigenvalue weighted by Crippen LogP contribution is 2.31. The van der Waals surface area contributed by atoms with E-state index in [9.17, 15) is 26.7 Å². The summed E-state index contributed by atoms with van der Waals surface area (Å²) < 4.78 is 74.8. The maximum absolute atomic E-state index is 14.2. The van der Waals surface area contributed by atoms with Crippen molar-refractivity contribution in [1.29, 1.82) is 0 Å². The highest BCUT2D eigenvalue weighted by Gasteiger charge is 2.30. The van der Waals surface area contributed by atoms with E-state index in [1.54, 1.807) is 48.5 Å². The van der Waals surface area contributed by atoms with Crippen LogP contribution >= 0.6 is 0 Å². The maximum Gasteiger partial charge on any atom is 0.255 e. The van der Waals surface area contributed by atoms with Crippen LogP contribution in [-0.4, -0.2) is 32.1 Å². The van der Waals surface area contributed by atoms with Gasteiger partial charge in [-0.05, 0) is 48.0 Å². The Morgan fingerprint density at radius 1 is 0.700 bits per heavy atom. The van der Waals surface area contributed by atoms with Gasteiger partial charge < -0.3 is 19.9 Å². The highest BCUT2D eigenvalue weighted by molar-refractivity contribution is 6.04. The number of nitrogens with one attached hydrogen (secondary N) is 1. The number of rotatable bonds is 7. The van der Waals surface area contributed by atoms with Crippen molar-refractivity contribution in [2.24, 2.45) is 0 Å². The topological polar surface area (TPSA) is 44.8 Å². The van der Waals surface area contributed by atoms with Crippen molar-refractivity contribution in [1.82, 2.24) is 0 Å². The molecule has 4 aromatic rings. The average molecular weight is 554 g/mol. The maximum atomic E-state index is 14.2. The van der Waals surface area contributed by atoms with Crippen LogP contribution in [-0.2, 0) is 6.61 Å². The molecule has 0 atom stereocenters. The molecule has 1 amide bonds. The van der Waals surface area contributed by atoms with Gasteiger partial charge in [0.25, 0.3) is 5.91 Å². The Morgan fingerprint density at radius 2 is 1.30 bits per heavy atom. The first-order valence-corrected chi connectivity index (χ1v) is 12.5. The Balaban J connectivity index is 1.18. The lowest BCUT2D eigenvalue weighted by atomic mass is 10.1. The minimum absolute atomic E-state index is 0.0551. The van der Waals surface area contributed by atoms with Crippen LogP contribution in [0.2, 0.25) is 0 Å². The number of carbonyl (C=O) groups excluding carboxylic acids is 1. The van der Waals surface area contributed by atoms with Gasteiger partial charge in [-0.3, -0.25) is 4.79 Å². The molecule has 206 valence electrons. The molecule has 40 heavy (non-hydrogen) atoms. The first-order valence-electron chi connectivity index (χ1n) is 12.5. The lowest BCUT2D eigenvalue weighted by Gasteiger charge is -2.37. The summed E-state index contributed by atoms with van der Waals surface area (Å²) >= 11 is 0. The second kappa shape index (κ2) is 11.6. The van der Waals surface area contributed by atoms with Crippen molar-refractivity contribution >= 4 is 23.0 Å². The molecule has 0 bridgehead atoms. The van der Waals surface area contributed by atoms with Crippen LogP contribution in [0.1, 0.15) is 15.9 Å². The monoisotopic (exact) mass is 553 g/mol. The van der Waals surface area contributed by atoms with Gasteiger partial charge in [-0.2, -0.15) is 0 Å². The van der Waals surface area contributed by atoms with E-state index in [-0.39, 0.29) is 19.0 Å². The van der Waals surface area contributed by atoms with Crippen LogP contribution in [0.4, 0.5) is 39.0 Å². The number of halogens is 5. The van der Waals surface area contributed by atoms with Gasteiger partial charge in [0.15, 0.2) is 23.3 Å². The summed E-state index contributed by atoms with van der Waals surface area (Å²) in [7, 11) is 0. The summed E-state index contributed by atoms with van der Waals surface area (Å²) in [6.45, 7) is 1.07. The molecule has 0 radical (unpaired) electrons. The van der Waals surface area contributed by atoms with Gasteiger partial charge in [-0.25, -0.2) is 22.0 Å². The van der Waals surface area contributed by atoms with Gasteiger partial charge in [0, 0.05) is 43.1 Å². The lowest BCUT2D eigenvalue weighted by Crippen LogP contribution is -2.47. The minimum atomic E-state index is -2.17. The van der Waals surface area contributed by atoms with Crippen molar-refractivity contribution in [2.75, 3.05) is 41.3 Å². The third-order valence-electron chi connectivity index (χ3n) is 6.62. The van der Waals surface area contributed by atoms with Gasteiger partial charge in [0.2, 0.25) is 5.82 Å². The normalized spacial score (nSPS) is 13.3. The number of anilines is 3. The first kappa shape index (κ1) is 27.0. The highest BCUT2D eigenvalue weighted by atomic mass is 19.2. The van der Waals surface area contributed by atoms with Gasteiger partial charge in [0.1, 0.15) is 18.0 Å². The third kappa shape index (κ3) is 5.70. The zero-order valence-electron chi connectivity index (χ0n) is 21.1. The van der Waals surface area contributed by atoms with Crippen LogP contribution in [0, 0.1) is 29.1 Å². The Hall–Kier alpha value is -4.60. The van der Waals surface area contributed by atoms with E-state index >= 15 is 0 Å². The second-order valence-corrected chi connectivity index (χ2v) is 9.20. The molecule has 1 heterocycles. The van der Waals surface area contributed by atoms with E-state index in [2.05, 4.69) is 5.32 Å². The summed E-state index contributed by atoms with van der Waals surface area (Å²) in [6, 6.07) is 23.5. The quantitative estimate of drug-likeness (QED) is 0.160. The van der Waals surface area contributed by atoms with Crippen LogP contribution in [0.3, 0.4) is 0 Å². The fourth-order valence-corrected chi connectivity index (χ4v) is 4.49. The number of piperazine rings is 1. The molecule has 10 heteroatoms. The Kier molecular flexibility index (Phi) is 7.86. The summed E-state index contributed by atoms with van der Waals surface area (Å²) in [5, 5.41) is 2.84. The molecule has 0 spiro atoms. The van der Waals surface area contributed by atoms with Crippen molar-refractivity contribution in [3.05, 3.63) is 119 Å². The first-order chi connectivity index (χ1) is 19.3. The molecule has 1 aliphatic heterocycles. The van der Waals surface area contributed by atoms with Crippen LogP contribution in [0.5, 0.6) is 5.75 Å². The zero-order chi connectivity index (χ0) is 28.2. The summed E-state index contributed by atoms with van der Waals surface area (Å²) in [5.41, 5.74) is 1.87. The standard InChI is InChI=1S/C30H24F5N3O2/c31-24-25(32)27(34)29(28(35)26(24)33)38-15-13-37(14-16-38)22-11-9-21(10-12-22)36-30(39)20-7-4-8-23(17-20)40-18-19-5-2-1-3-6-19/h1-12,17H,13-16,18H2,(H,36,39). The van der Waals surface area contributed by atoms with E-state index in [4.69, 9.17) is 4.74 Å².